The van der Waals surface area contributed by atoms with Gasteiger partial charge < -0.3 is 4.74 Å². The molecule has 0 spiro atoms. The van der Waals surface area contributed by atoms with Gasteiger partial charge in [-0.3, -0.25) is 10.1 Å². The Labute approximate surface area is 143 Å². The summed E-state index contributed by atoms with van der Waals surface area (Å²) >= 11 is 0. The SMILES string of the molecule is COc1ccc(CC(c2ccc(C(C)C)cc2)C(C)[N+](=O)[O-])cc1. The lowest BCUT2D eigenvalue weighted by Gasteiger charge is -2.20. The number of ether oxygens (including phenoxy) is 1. The molecular weight excluding hydrogens is 302 g/mol. The van der Waals surface area contributed by atoms with Crippen LogP contribution in [0, 0.1) is 10.1 Å². The number of benzene rings is 2. The third-order valence-electron chi connectivity index (χ3n) is 4.56. The van der Waals surface area contributed by atoms with Gasteiger partial charge in [0, 0.05) is 11.8 Å². The van der Waals surface area contributed by atoms with Gasteiger partial charge in [0.2, 0.25) is 6.04 Å². The summed E-state index contributed by atoms with van der Waals surface area (Å²) in [5, 5.41) is 11.4. The number of hydrogen-bond acceptors (Lipinski definition) is 3. The molecule has 0 aliphatic heterocycles. The lowest BCUT2D eigenvalue weighted by molar-refractivity contribution is -0.522. The molecule has 0 saturated heterocycles. The molecule has 0 aliphatic rings. The highest BCUT2D eigenvalue weighted by atomic mass is 16.6. The summed E-state index contributed by atoms with van der Waals surface area (Å²) in [4.78, 5) is 11.2. The first-order chi connectivity index (χ1) is 11.4. The van der Waals surface area contributed by atoms with E-state index in [9.17, 15) is 10.1 Å². The highest BCUT2D eigenvalue weighted by Crippen LogP contribution is 2.28. The van der Waals surface area contributed by atoms with E-state index in [1.165, 1.54) is 5.56 Å². The molecule has 0 fully saturated rings. The van der Waals surface area contributed by atoms with E-state index in [-0.39, 0.29) is 10.8 Å². The summed E-state index contributed by atoms with van der Waals surface area (Å²) in [5.41, 5.74) is 3.33. The fraction of sp³-hybridized carbons (Fsp3) is 0.400. The van der Waals surface area contributed by atoms with Crippen LogP contribution >= 0.6 is 0 Å². The van der Waals surface area contributed by atoms with Crippen molar-refractivity contribution in [1.29, 1.82) is 0 Å². The first-order valence-electron chi connectivity index (χ1n) is 8.28. The van der Waals surface area contributed by atoms with Crippen LogP contribution in [-0.2, 0) is 6.42 Å². The highest BCUT2D eigenvalue weighted by Gasteiger charge is 2.28. The Morgan fingerprint density at radius 3 is 1.96 bits per heavy atom. The monoisotopic (exact) mass is 327 g/mol. The molecule has 2 unspecified atom stereocenters. The lowest BCUT2D eigenvalue weighted by atomic mass is 9.86. The third-order valence-corrected chi connectivity index (χ3v) is 4.56. The predicted molar refractivity (Wildman–Crippen MR) is 96.4 cm³/mol. The summed E-state index contributed by atoms with van der Waals surface area (Å²) in [5.74, 6) is 1.08. The molecule has 2 aromatic carbocycles. The van der Waals surface area contributed by atoms with Crippen LogP contribution in [0.15, 0.2) is 48.5 Å². The Bertz CT molecular complexity index is 662. The van der Waals surface area contributed by atoms with Gasteiger partial charge in [-0.2, -0.15) is 0 Å². The van der Waals surface area contributed by atoms with Crippen molar-refractivity contribution in [3.63, 3.8) is 0 Å². The molecule has 128 valence electrons. The summed E-state index contributed by atoms with van der Waals surface area (Å²) in [6.45, 7) is 5.97. The van der Waals surface area contributed by atoms with E-state index in [1.807, 2.05) is 36.4 Å². The fourth-order valence-electron chi connectivity index (χ4n) is 2.86. The van der Waals surface area contributed by atoms with Crippen LogP contribution in [-0.4, -0.2) is 18.1 Å². The van der Waals surface area contributed by atoms with Gasteiger partial charge in [0.25, 0.3) is 0 Å². The average Bonchev–Trinajstić information content (AvgIpc) is 2.59. The maximum Gasteiger partial charge on any atom is 0.217 e. The van der Waals surface area contributed by atoms with Crippen LogP contribution in [0.5, 0.6) is 5.75 Å². The lowest BCUT2D eigenvalue weighted by Crippen LogP contribution is -2.26. The van der Waals surface area contributed by atoms with Crippen molar-refractivity contribution in [2.45, 2.75) is 45.1 Å². The maximum atomic E-state index is 11.4. The smallest absolute Gasteiger partial charge is 0.217 e. The normalized spacial score (nSPS) is 13.5. The zero-order valence-corrected chi connectivity index (χ0v) is 14.7. The molecule has 0 bridgehead atoms. The van der Waals surface area contributed by atoms with Crippen molar-refractivity contribution in [3.8, 4) is 5.75 Å². The van der Waals surface area contributed by atoms with Gasteiger partial charge in [-0.25, -0.2) is 0 Å². The van der Waals surface area contributed by atoms with Crippen molar-refractivity contribution >= 4 is 0 Å². The standard InChI is InChI=1S/C20H25NO3/c1-14(2)17-7-9-18(10-8-17)20(15(3)21(22)23)13-16-5-11-19(24-4)12-6-16/h5-12,14-15,20H,13H2,1-4H3. The fourth-order valence-corrected chi connectivity index (χ4v) is 2.86. The summed E-state index contributed by atoms with van der Waals surface area (Å²) in [6, 6.07) is 15.3. The largest absolute Gasteiger partial charge is 0.497 e. The van der Waals surface area contributed by atoms with Crippen LogP contribution < -0.4 is 4.74 Å². The number of nitro groups is 1. The molecule has 4 heteroatoms. The van der Waals surface area contributed by atoms with E-state index in [0.717, 1.165) is 16.9 Å². The molecule has 24 heavy (non-hydrogen) atoms. The van der Waals surface area contributed by atoms with Crippen LogP contribution in [0.1, 0.15) is 49.3 Å². The van der Waals surface area contributed by atoms with E-state index in [4.69, 9.17) is 4.74 Å². The van der Waals surface area contributed by atoms with Crippen molar-refractivity contribution in [2.75, 3.05) is 7.11 Å². The summed E-state index contributed by atoms with van der Waals surface area (Å²) in [7, 11) is 1.63. The molecule has 2 aromatic rings. The Balaban J connectivity index is 2.28. The van der Waals surface area contributed by atoms with Gasteiger partial charge in [0.1, 0.15) is 5.75 Å². The van der Waals surface area contributed by atoms with E-state index in [1.54, 1.807) is 14.0 Å². The second-order valence-corrected chi connectivity index (χ2v) is 6.51. The molecule has 0 amide bonds. The Morgan fingerprint density at radius 2 is 1.50 bits per heavy atom. The molecule has 0 saturated carbocycles. The van der Waals surface area contributed by atoms with Gasteiger partial charge in [0.15, 0.2) is 0 Å². The second-order valence-electron chi connectivity index (χ2n) is 6.51. The van der Waals surface area contributed by atoms with E-state index < -0.39 is 6.04 Å². The van der Waals surface area contributed by atoms with Gasteiger partial charge in [-0.05, 0) is 41.2 Å². The minimum absolute atomic E-state index is 0.158. The van der Waals surface area contributed by atoms with Gasteiger partial charge >= 0.3 is 0 Å². The molecule has 0 heterocycles. The van der Waals surface area contributed by atoms with Crippen LogP contribution in [0.25, 0.3) is 0 Å². The summed E-state index contributed by atoms with van der Waals surface area (Å²) in [6.07, 6.45) is 0.632. The first-order valence-corrected chi connectivity index (χ1v) is 8.28. The second kappa shape index (κ2) is 7.95. The molecule has 0 radical (unpaired) electrons. The number of nitrogens with zero attached hydrogens (tertiary/aromatic N) is 1. The zero-order chi connectivity index (χ0) is 17.7. The van der Waals surface area contributed by atoms with E-state index in [0.29, 0.717) is 12.3 Å². The minimum Gasteiger partial charge on any atom is -0.497 e. The maximum absolute atomic E-state index is 11.4. The molecule has 4 nitrogen and oxygen atoms in total. The molecule has 2 atom stereocenters. The third kappa shape index (κ3) is 4.34. The van der Waals surface area contributed by atoms with Gasteiger partial charge in [0.05, 0.1) is 13.0 Å². The Kier molecular flexibility index (Phi) is 5.96. The van der Waals surface area contributed by atoms with E-state index in [2.05, 4.69) is 26.0 Å². The predicted octanol–water partition coefficient (Wildman–Crippen LogP) is 4.81. The average molecular weight is 327 g/mol. The summed E-state index contributed by atoms with van der Waals surface area (Å²) < 4.78 is 5.17. The highest BCUT2D eigenvalue weighted by molar-refractivity contribution is 5.32. The first kappa shape index (κ1) is 18.0. The van der Waals surface area contributed by atoms with Crippen molar-refractivity contribution < 1.29 is 9.66 Å². The molecular formula is C20H25NO3. The Morgan fingerprint density at radius 1 is 0.958 bits per heavy atom. The molecule has 0 aliphatic carbocycles. The number of rotatable bonds is 7. The minimum atomic E-state index is -0.642. The van der Waals surface area contributed by atoms with Crippen LogP contribution in [0.3, 0.4) is 0 Å². The van der Waals surface area contributed by atoms with Crippen molar-refractivity contribution in [2.24, 2.45) is 0 Å². The number of hydrogen-bond donors (Lipinski definition) is 0. The van der Waals surface area contributed by atoms with Gasteiger partial charge in [-0.1, -0.05) is 50.2 Å². The van der Waals surface area contributed by atoms with Gasteiger partial charge in [-0.15, -0.1) is 0 Å². The molecule has 0 aromatic heterocycles. The van der Waals surface area contributed by atoms with E-state index >= 15 is 0 Å². The zero-order valence-electron chi connectivity index (χ0n) is 14.7. The number of methoxy groups -OCH3 is 1. The van der Waals surface area contributed by atoms with Crippen molar-refractivity contribution in [3.05, 3.63) is 75.3 Å². The Hall–Kier alpha value is -2.36. The molecule has 2 rings (SSSR count). The van der Waals surface area contributed by atoms with Crippen LogP contribution in [0.2, 0.25) is 0 Å². The van der Waals surface area contributed by atoms with Crippen LogP contribution in [0.4, 0.5) is 0 Å². The molecule has 0 N–H and O–H groups in total. The van der Waals surface area contributed by atoms with Crippen molar-refractivity contribution in [1.82, 2.24) is 0 Å². The quantitative estimate of drug-likeness (QED) is 0.541. The topological polar surface area (TPSA) is 52.4 Å².